The van der Waals surface area contributed by atoms with E-state index in [0.717, 1.165) is 16.9 Å². The number of imidazole rings is 1. The highest BCUT2D eigenvalue weighted by molar-refractivity contribution is 7.13. The van der Waals surface area contributed by atoms with Gasteiger partial charge in [0.1, 0.15) is 5.82 Å². The summed E-state index contributed by atoms with van der Waals surface area (Å²) >= 11 is 1.73. The van der Waals surface area contributed by atoms with Crippen molar-refractivity contribution in [3.05, 3.63) is 40.3 Å². The zero-order valence-electron chi connectivity index (χ0n) is 10.2. The Kier molecular flexibility index (Phi) is 2.30. The van der Waals surface area contributed by atoms with Crippen LogP contribution in [0.25, 0.3) is 21.7 Å². The molecule has 0 fully saturated rings. The molecule has 0 radical (unpaired) electrons. The summed E-state index contributed by atoms with van der Waals surface area (Å²) in [5.74, 6) is 0.984. The van der Waals surface area contributed by atoms with Crippen LogP contribution in [0, 0.1) is 20.8 Å². The van der Waals surface area contributed by atoms with Gasteiger partial charge in [0, 0.05) is 0 Å². The number of rotatable bonds is 1. The highest BCUT2D eigenvalue weighted by Gasteiger charge is 2.09. The van der Waals surface area contributed by atoms with Crippen LogP contribution >= 0.6 is 11.3 Å². The van der Waals surface area contributed by atoms with Crippen LogP contribution in [0.4, 0.5) is 0 Å². The Balaban J connectivity index is 2.24. The lowest BCUT2D eigenvalue weighted by Crippen LogP contribution is -1.79. The van der Waals surface area contributed by atoms with Crippen molar-refractivity contribution in [2.45, 2.75) is 20.8 Å². The molecule has 0 atom stereocenters. The summed E-state index contributed by atoms with van der Waals surface area (Å²) in [4.78, 5) is 9.31. The van der Waals surface area contributed by atoms with Crippen LogP contribution in [0.5, 0.6) is 0 Å². The third kappa shape index (κ3) is 1.67. The van der Waals surface area contributed by atoms with E-state index in [9.17, 15) is 0 Å². The zero-order chi connectivity index (χ0) is 12.0. The van der Waals surface area contributed by atoms with Crippen LogP contribution in [0.1, 0.15) is 16.7 Å². The molecule has 3 aromatic rings. The van der Waals surface area contributed by atoms with Crippen LogP contribution in [0.3, 0.4) is 0 Å². The zero-order valence-corrected chi connectivity index (χ0v) is 11.0. The molecule has 0 spiro atoms. The van der Waals surface area contributed by atoms with Crippen molar-refractivity contribution in [2.24, 2.45) is 0 Å². The van der Waals surface area contributed by atoms with E-state index in [-0.39, 0.29) is 0 Å². The van der Waals surface area contributed by atoms with Gasteiger partial charge in [0.25, 0.3) is 0 Å². The molecule has 0 bridgehead atoms. The molecule has 86 valence electrons. The minimum Gasteiger partial charge on any atom is -0.337 e. The number of aromatic nitrogens is 2. The van der Waals surface area contributed by atoms with Gasteiger partial charge in [0.05, 0.1) is 15.9 Å². The molecular weight excluding hydrogens is 228 g/mol. The standard InChI is InChI=1S/C14H14N2S/c1-8-4-5-17-13(8)14-15-11-6-9(2)10(3)7-12(11)16-14/h4-7H,1-3H3,(H,15,16). The van der Waals surface area contributed by atoms with Crippen LogP contribution in [-0.4, -0.2) is 9.97 Å². The second kappa shape index (κ2) is 3.70. The molecule has 17 heavy (non-hydrogen) atoms. The van der Waals surface area contributed by atoms with Crippen molar-refractivity contribution < 1.29 is 0 Å². The Bertz CT molecular complexity index is 652. The number of thiophene rings is 1. The fourth-order valence-electron chi connectivity index (χ4n) is 1.99. The molecule has 0 saturated carbocycles. The Morgan fingerprint density at radius 3 is 2.53 bits per heavy atom. The maximum Gasteiger partial charge on any atom is 0.148 e. The first-order valence-electron chi connectivity index (χ1n) is 5.66. The molecule has 1 aromatic carbocycles. The number of fused-ring (bicyclic) bond motifs is 1. The second-order valence-corrected chi connectivity index (χ2v) is 5.39. The van der Waals surface area contributed by atoms with E-state index >= 15 is 0 Å². The number of nitrogens with zero attached hydrogens (tertiary/aromatic N) is 1. The van der Waals surface area contributed by atoms with E-state index in [1.165, 1.54) is 21.6 Å². The number of aryl methyl sites for hydroxylation is 3. The quantitative estimate of drug-likeness (QED) is 0.680. The van der Waals surface area contributed by atoms with Crippen LogP contribution in [0.2, 0.25) is 0 Å². The molecule has 0 aliphatic heterocycles. The summed E-state index contributed by atoms with van der Waals surface area (Å²) in [6.07, 6.45) is 0. The summed E-state index contributed by atoms with van der Waals surface area (Å²) < 4.78 is 0. The maximum atomic E-state index is 4.67. The van der Waals surface area contributed by atoms with Crippen LogP contribution in [0.15, 0.2) is 23.6 Å². The molecule has 1 N–H and O–H groups in total. The van der Waals surface area contributed by atoms with Gasteiger partial charge in [-0.3, -0.25) is 0 Å². The van der Waals surface area contributed by atoms with Gasteiger partial charge in [-0.25, -0.2) is 4.98 Å². The Hall–Kier alpha value is -1.61. The third-order valence-electron chi connectivity index (χ3n) is 3.17. The fourth-order valence-corrected chi connectivity index (χ4v) is 2.86. The Labute approximate surface area is 104 Å². The van der Waals surface area contributed by atoms with Gasteiger partial charge in [0.15, 0.2) is 0 Å². The van der Waals surface area contributed by atoms with Gasteiger partial charge in [-0.1, -0.05) is 0 Å². The molecule has 0 saturated heterocycles. The lowest BCUT2D eigenvalue weighted by molar-refractivity contribution is 1.34. The van der Waals surface area contributed by atoms with E-state index in [4.69, 9.17) is 0 Å². The van der Waals surface area contributed by atoms with E-state index < -0.39 is 0 Å². The average molecular weight is 242 g/mol. The summed E-state index contributed by atoms with van der Waals surface area (Å²) in [6.45, 7) is 6.38. The van der Waals surface area contributed by atoms with Gasteiger partial charge in [0.2, 0.25) is 0 Å². The molecule has 0 amide bonds. The van der Waals surface area contributed by atoms with Gasteiger partial charge < -0.3 is 4.98 Å². The second-order valence-electron chi connectivity index (χ2n) is 4.47. The number of nitrogens with one attached hydrogen (secondary N) is 1. The average Bonchev–Trinajstić information content (AvgIpc) is 2.85. The number of hydrogen-bond acceptors (Lipinski definition) is 2. The number of hydrogen-bond donors (Lipinski definition) is 1. The Morgan fingerprint density at radius 1 is 1.06 bits per heavy atom. The predicted octanol–water partition coefficient (Wildman–Crippen LogP) is 4.22. The van der Waals surface area contributed by atoms with Crippen LogP contribution < -0.4 is 0 Å². The maximum absolute atomic E-state index is 4.67. The summed E-state index contributed by atoms with van der Waals surface area (Å²) in [6, 6.07) is 6.45. The normalized spacial score (nSPS) is 11.2. The molecule has 0 unspecified atom stereocenters. The van der Waals surface area contributed by atoms with Crippen molar-refractivity contribution in [3.8, 4) is 10.7 Å². The molecular formula is C14H14N2S. The van der Waals surface area contributed by atoms with Crippen molar-refractivity contribution in [3.63, 3.8) is 0 Å². The summed E-state index contributed by atoms with van der Waals surface area (Å²) in [5.41, 5.74) is 6.04. The molecule has 0 aliphatic rings. The van der Waals surface area contributed by atoms with Gasteiger partial charge in [-0.05, 0) is 61.0 Å². The Morgan fingerprint density at radius 2 is 1.82 bits per heavy atom. The van der Waals surface area contributed by atoms with E-state index in [1.54, 1.807) is 11.3 Å². The van der Waals surface area contributed by atoms with Gasteiger partial charge >= 0.3 is 0 Å². The van der Waals surface area contributed by atoms with E-state index in [0.29, 0.717) is 0 Å². The highest BCUT2D eigenvalue weighted by atomic mass is 32.1. The van der Waals surface area contributed by atoms with Crippen molar-refractivity contribution in [2.75, 3.05) is 0 Å². The largest absolute Gasteiger partial charge is 0.337 e. The lowest BCUT2D eigenvalue weighted by Gasteiger charge is -1.97. The molecule has 2 heterocycles. The van der Waals surface area contributed by atoms with Crippen molar-refractivity contribution >= 4 is 22.4 Å². The first-order valence-corrected chi connectivity index (χ1v) is 6.54. The molecule has 3 rings (SSSR count). The minimum absolute atomic E-state index is 0.984. The third-order valence-corrected chi connectivity index (χ3v) is 4.20. The monoisotopic (exact) mass is 242 g/mol. The molecule has 2 aromatic heterocycles. The number of benzene rings is 1. The van der Waals surface area contributed by atoms with E-state index in [2.05, 4.69) is 54.3 Å². The van der Waals surface area contributed by atoms with E-state index in [1.807, 2.05) is 0 Å². The summed E-state index contributed by atoms with van der Waals surface area (Å²) in [7, 11) is 0. The minimum atomic E-state index is 0.984. The number of aromatic amines is 1. The molecule has 0 aliphatic carbocycles. The fraction of sp³-hybridized carbons (Fsp3) is 0.214. The lowest BCUT2D eigenvalue weighted by atomic mass is 10.1. The predicted molar refractivity (Wildman–Crippen MR) is 73.6 cm³/mol. The van der Waals surface area contributed by atoms with Crippen molar-refractivity contribution in [1.82, 2.24) is 9.97 Å². The SMILES string of the molecule is Cc1cc2nc(-c3sccc3C)[nH]c2cc1C. The summed E-state index contributed by atoms with van der Waals surface area (Å²) in [5, 5.41) is 2.11. The molecule has 2 nitrogen and oxygen atoms in total. The van der Waals surface area contributed by atoms with Gasteiger partial charge in [-0.15, -0.1) is 11.3 Å². The van der Waals surface area contributed by atoms with Crippen LogP contribution in [-0.2, 0) is 0 Å². The molecule has 3 heteroatoms. The smallest absolute Gasteiger partial charge is 0.148 e. The highest BCUT2D eigenvalue weighted by Crippen LogP contribution is 2.29. The first kappa shape index (κ1) is 10.5. The van der Waals surface area contributed by atoms with Crippen molar-refractivity contribution in [1.29, 1.82) is 0 Å². The number of H-pyrrole nitrogens is 1. The van der Waals surface area contributed by atoms with Gasteiger partial charge in [-0.2, -0.15) is 0 Å². The topological polar surface area (TPSA) is 28.7 Å². The first-order chi connectivity index (χ1) is 8.15.